The summed E-state index contributed by atoms with van der Waals surface area (Å²) in [5.41, 5.74) is 3.13. The van der Waals surface area contributed by atoms with Gasteiger partial charge in [0.1, 0.15) is 0 Å². The molecular weight excluding hydrogens is 196 g/mol. The van der Waals surface area contributed by atoms with Gasteiger partial charge in [-0.05, 0) is 25.5 Å². The molecular formula is C14H16N2. The fourth-order valence-corrected chi connectivity index (χ4v) is 1.80. The number of para-hydroxylation sites is 1. The van der Waals surface area contributed by atoms with Crippen LogP contribution in [0.4, 0.5) is 5.69 Å². The Balaban J connectivity index is 2.48. The molecule has 0 spiro atoms. The van der Waals surface area contributed by atoms with E-state index in [2.05, 4.69) is 36.0 Å². The van der Waals surface area contributed by atoms with Crippen LogP contribution in [0.3, 0.4) is 0 Å². The number of pyridine rings is 1. The number of fused-ring (bicyclic) bond motifs is 1. The highest BCUT2D eigenvalue weighted by Crippen LogP contribution is 2.23. The Morgan fingerprint density at radius 3 is 2.88 bits per heavy atom. The molecule has 0 aliphatic rings. The number of nitrogens with zero attached hydrogens (tertiary/aromatic N) is 2. The lowest BCUT2D eigenvalue weighted by Gasteiger charge is -2.02. The number of hydrogen-bond donors (Lipinski definition) is 0. The first-order valence-electron chi connectivity index (χ1n) is 5.69. The molecule has 0 radical (unpaired) electrons. The largest absolute Gasteiger partial charge is 0.256 e. The van der Waals surface area contributed by atoms with Crippen LogP contribution in [0.15, 0.2) is 41.5 Å². The van der Waals surface area contributed by atoms with Gasteiger partial charge in [-0.25, -0.2) is 0 Å². The van der Waals surface area contributed by atoms with Crippen LogP contribution in [0.1, 0.15) is 26.7 Å². The van der Waals surface area contributed by atoms with Crippen LogP contribution in [-0.4, -0.2) is 10.7 Å². The molecule has 0 saturated heterocycles. The van der Waals surface area contributed by atoms with Crippen LogP contribution < -0.4 is 0 Å². The van der Waals surface area contributed by atoms with E-state index in [1.807, 2.05) is 24.4 Å². The average Bonchev–Trinajstić information content (AvgIpc) is 2.30. The van der Waals surface area contributed by atoms with Gasteiger partial charge in [-0.2, -0.15) is 0 Å². The van der Waals surface area contributed by atoms with Crippen molar-refractivity contribution in [3.8, 4) is 0 Å². The third kappa shape index (κ3) is 2.27. The van der Waals surface area contributed by atoms with Gasteiger partial charge in [0.05, 0.1) is 11.2 Å². The minimum Gasteiger partial charge on any atom is -0.256 e. The van der Waals surface area contributed by atoms with Gasteiger partial charge in [0.25, 0.3) is 0 Å². The lowest BCUT2D eigenvalue weighted by Crippen LogP contribution is -1.89. The zero-order valence-corrected chi connectivity index (χ0v) is 9.77. The van der Waals surface area contributed by atoms with Crippen molar-refractivity contribution < 1.29 is 0 Å². The van der Waals surface area contributed by atoms with Gasteiger partial charge < -0.3 is 0 Å². The molecule has 1 aromatic heterocycles. The van der Waals surface area contributed by atoms with Crippen molar-refractivity contribution in [1.29, 1.82) is 0 Å². The summed E-state index contributed by atoms with van der Waals surface area (Å²) in [4.78, 5) is 9.02. The molecule has 0 atom stereocenters. The van der Waals surface area contributed by atoms with Crippen molar-refractivity contribution in [2.24, 2.45) is 4.99 Å². The summed E-state index contributed by atoms with van der Waals surface area (Å²) < 4.78 is 0. The normalized spacial score (nSPS) is 12.0. The Hall–Kier alpha value is -1.70. The van der Waals surface area contributed by atoms with Crippen molar-refractivity contribution in [2.45, 2.75) is 26.7 Å². The van der Waals surface area contributed by atoms with Crippen LogP contribution in [0.5, 0.6) is 0 Å². The summed E-state index contributed by atoms with van der Waals surface area (Å²) in [5.74, 6) is 0. The minimum atomic E-state index is 0.976. The predicted octanol–water partition coefficient (Wildman–Crippen LogP) is 4.13. The second-order valence-electron chi connectivity index (χ2n) is 3.95. The van der Waals surface area contributed by atoms with E-state index in [9.17, 15) is 0 Å². The smallest absolute Gasteiger partial charge is 0.0958 e. The Labute approximate surface area is 96.1 Å². The summed E-state index contributed by atoms with van der Waals surface area (Å²) in [6.45, 7) is 4.24. The van der Waals surface area contributed by atoms with Crippen molar-refractivity contribution in [2.75, 3.05) is 0 Å². The zero-order valence-electron chi connectivity index (χ0n) is 9.77. The number of benzene rings is 1. The molecule has 0 fully saturated rings. The fraction of sp³-hybridized carbons (Fsp3) is 0.286. The van der Waals surface area contributed by atoms with Gasteiger partial charge in [0.15, 0.2) is 0 Å². The zero-order chi connectivity index (χ0) is 11.4. The number of rotatable bonds is 3. The molecule has 0 amide bonds. The standard InChI is InChI=1S/C14H16N2/c1-3-6-11(2)16-13-9-4-7-12-8-5-10-15-14(12)13/h4-5,7-10H,3,6H2,1-2H3. The number of aromatic nitrogens is 1. The first-order chi connectivity index (χ1) is 7.81. The van der Waals surface area contributed by atoms with Gasteiger partial charge in [-0.15, -0.1) is 0 Å². The number of aliphatic imine (C=N–C) groups is 1. The summed E-state index contributed by atoms with van der Waals surface area (Å²) >= 11 is 0. The van der Waals surface area contributed by atoms with Gasteiger partial charge in [-0.3, -0.25) is 9.98 Å². The first kappa shape index (κ1) is 10.8. The molecule has 2 rings (SSSR count). The molecule has 1 aromatic carbocycles. The lowest BCUT2D eigenvalue weighted by molar-refractivity contribution is 0.988. The molecule has 2 heteroatoms. The van der Waals surface area contributed by atoms with E-state index in [0.29, 0.717) is 0 Å². The summed E-state index contributed by atoms with van der Waals surface area (Å²) in [6, 6.07) is 10.1. The average molecular weight is 212 g/mol. The van der Waals surface area contributed by atoms with E-state index in [0.717, 1.165) is 29.4 Å². The highest BCUT2D eigenvalue weighted by molar-refractivity contribution is 5.93. The quantitative estimate of drug-likeness (QED) is 0.702. The van der Waals surface area contributed by atoms with Crippen molar-refractivity contribution in [3.63, 3.8) is 0 Å². The van der Waals surface area contributed by atoms with Crippen LogP contribution >= 0.6 is 0 Å². The molecule has 82 valence electrons. The molecule has 0 aliphatic carbocycles. The second kappa shape index (κ2) is 4.88. The van der Waals surface area contributed by atoms with Crippen molar-refractivity contribution >= 4 is 22.3 Å². The molecule has 0 aliphatic heterocycles. The molecule has 2 nitrogen and oxygen atoms in total. The van der Waals surface area contributed by atoms with Gasteiger partial charge in [0.2, 0.25) is 0 Å². The molecule has 16 heavy (non-hydrogen) atoms. The van der Waals surface area contributed by atoms with E-state index < -0.39 is 0 Å². The summed E-state index contributed by atoms with van der Waals surface area (Å²) in [5, 5.41) is 1.15. The maximum absolute atomic E-state index is 4.63. The SMILES string of the molecule is CCCC(C)=Nc1cccc2cccnc12. The van der Waals surface area contributed by atoms with E-state index >= 15 is 0 Å². The van der Waals surface area contributed by atoms with Gasteiger partial charge in [0, 0.05) is 17.3 Å². The van der Waals surface area contributed by atoms with E-state index in [4.69, 9.17) is 0 Å². The van der Waals surface area contributed by atoms with Crippen LogP contribution in [0, 0.1) is 0 Å². The second-order valence-corrected chi connectivity index (χ2v) is 3.95. The van der Waals surface area contributed by atoms with E-state index in [1.165, 1.54) is 5.71 Å². The summed E-state index contributed by atoms with van der Waals surface area (Å²) in [6.07, 6.45) is 3.99. The van der Waals surface area contributed by atoms with Gasteiger partial charge in [-0.1, -0.05) is 31.5 Å². The lowest BCUT2D eigenvalue weighted by atomic mass is 10.2. The Kier molecular flexibility index (Phi) is 3.30. The highest BCUT2D eigenvalue weighted by atomic mass is 14.8. The maximum Gasteiger partial charge on any atom is 0.0958 e. The van der Waals surface area contributed by atoms with Crippen molar-refractivity contribution in [3.05, 3.63) is 36.5 Å². The number of hydrogen-bond acceptors (Lipinski definition) is 2. The third-order valence-electron chi connectivity index (χ3n) is 2.53. The fourth-order valence-electron chi connectivity index (χ4n) is 1.80. The molecule has 0 saturated carbocycles. The van der Waals surface area contributed by atoms with E-state index in [1.54, 1.807) is 0 Å². The Morgan fingerprint density at radius 2 is 2.06 bits per heavy atom. The topological polar surface area (TPSA) is 25.2 Å². The van der Waals surface area contributed by atoms with Crippen LogP contribution in [0.2, 0.25) is 0 Å². The monoisotopic (exact) mass is 212 g/mol. The first-order valence-corrected chi connectivity index (χ1v) is 5.69. The predicted molar refractivity (Wildman–Crippen MR) is 69.4 cm³/mol. The molecule has 0 bridgehead atoms. The third-order valence-corrected chi connectivity index (χ3v) is 2.53. The Bertz CT molecular complexity index is 510. The van der Waals surface area contributed by atoms with Crippen LogP contribution in [0.25, 0.3) is 10.9 Å². The molecule has 2 aromatic rings. The Morgan fingerprint density at radius 1 is 1.25 bits per heavy atom. The molecule has 0 N–H and O–H groups in total. The van der Waals surface area contributed by atoms with Crippen LogP contribution in [-0.2, 0) is 0 Å². The molecule has 0 unspecified atom stereocenters. The maximum atomic E-state index is 4.63. The molecule has 1 heterocycles. The van der Waals surface area contributed by atoms with E-state index in [-0.39, 0.29) is 0 Å². The van der Waals surface area contributed by atoms with Gasteiger partial charge >= 0.3 is 0 Å². The minimum absolute atomic E-state index is 0.976. The highest BCUT2D eigenvalue weighted by Gasteiger charge is 2.00. The van der Waals surface area contributed by atoms with Crippen molar-refractivity contribution in [1.82, 2.24) is 4.98 Å². The summed E-state index contributed by atoms with van der Waals surface area (Å²) in [7, 11) is 0.